The highest BCUT2D eigenvalue weighted by molar-refractivity contribution is 5.08. The molecule has 0 aliphatic carbocycles. The molecule has 1 aromatic heterocycles. The summed E-state index contributed by atoms with van der Waals surface area (Å²) in [6, 6.07) is 4.16. The van der Waals surface area contributed by atoms with E-state index in [1.54, 1.807) is 6.20 Å². The van der Waals surface area contributed by atoms with Crippen LogP contribution in [0.15, 0.2) is 24.5 Å². The number of aliphatic hydroxyl groups is 1. The lowest BCUT2D eigenvalue weighted by Gasteiger charge is -2.28. The summed E-state index contributed by atoms with van der Waals surface area (Å²) in [4.78, 5) is 6.03. The van der Waals surface area contributed by atoms with Gasteiger partial charge in [0.1, 0.15) is 6.23 Å². The van der Waals surface area contributed by atoms with Gasteiger partial charge in [0, 0.05) is 25.0 Å². The summed E-state index contributed by atoms with van der Waals surface area (Å²) in [5, 5.41) is 13.4. The minimum absolute atomic E-state index is 0.210. The third kappa shape index (κ3) is 2.78. The minimum atomic E-state index is -0.414. The second-order valence-corrected chi connectivity index (χ2v) is 4.39. The Labute approximate surface area is 96.3 Å². The average Bonchev–Trinajstić information content (AvgIpc) is 2.83. The molecule has 0 spiro atoms. The van der Waals surface area contributed by atoms with Crippen LogP contribution in [0, 0.1) is 0 Å². The summed E-state index contributed by atoms with van der Waals surface area (Å²) in [5.41, 5.74) is 1.13. The van der Waals surface area contributed by atoms with Crippen LogP contribution in [0.2, 0.25) is 0 Å². The number of aliphatic hydroxyl groups excluding tert-OH is 1. The van der Waals surface area contributed by atoms with Gasteiger partial charge in [-0.1, -0.05) is 6.07 Å². The summed E-state index contributed by atoms with van der Waals surface area (Å²) in [7, 11) is 1.94. The van der Waals surface area contributed by atoms with E-state index in [1.165, 1.54) is 0 Å². The first-order valence-corrected chi connectivity index (χ1v) is 5.78. The Morgan fingerprint density at radius 2 is 2.56 bits per heavy atom. The molecule has 0 bridgehead atoms. The van der Waals surface area contributed by atoms with Crippen molar-refractivity contribution in [3.8, 4) is 0 Å². The molecule has 0 amide bonds. The maximum Gasteiger partial charge on any atom is 0.122 e. The van der Waals surface area contributed by atoms with Crippen LogP contribution in [0.3, 0.4) is 0 Å². The molecule has 2 N–H and O–H groups in total. The average molecular weight is 221 g/mol. The van der Waals surface area contributed by atoms with Crippen molar-refractivity contribution in [1.82, 2.24) is 15.2 Å². The van der Waals surface area contributed by atoms with E-state index in [0.29, 0.717) is 0 Å². The van der Waals surface area contributed by atoms with E-state index >= 15 is 0 Å². The molecule has 0 radical (unpaired) electrons. The van der Waals surface area contributed by atoms with Crippen LogP contribution in [0.1, 0.15) is 18.4 Å². The van der Waals surface area contributed by atoms with Gasteiger partial charge in [0.2, 0.25) is 0 Å². The van der Waals surface area contributed by atoms with E-state index in [0.717, 1.165) is 31.5 Å². The molecular weight excluding hydrogens is 202 g/mol. The fourth-order valence-corrected chi connectivity index (χ4v) is 2.15. The summed E-state index contributed by atoms with van der Waals surface area (Å²) >= 11 is 0. The van der Waals surface area contributed by atoms with Gasteiger partial charge < -0.3 is 10.4 Å². The first-order chi connectivity index (χ1) is 7.77. The van der Waals surface area contributed by atoms with Crippen LogP contribution in [0.5, 0.6) is 0 Å². The quantitative estimate of drug-likeness (QED) is 0.730. The Hall–Kier alpha value is -0.970. The van der Waals surface area contributed by atoms with Gasteiger partial charge in [-0.15, -0.1) is 0 Å². The molecule has 2 heterocycles. The van der Waals surface area contributed by atoms with E-state index in [4.69, 9.17) is 0 Å². The van der Waals surface area contributed by atoms with Crippen LogP contribution in [-0.2, 0) is 6.54 Å². The van der Waals surface area contributed by atoms with Gasteiger partial charge in [0.15, 0.2) is 0 Å². The molecule has 88 valence electrons. The van der Waals surface area contributed by atoms with Crippen molar-refractivity contribution in [3.63, 3.8) is 0 Å². The fraction of sp³-hybridized carbons (Fsp3) is 0.583. The molecule has 1 aliphatic heterocycles. The fourth-order valence-electron chi connectivity index (χ4n) is 2.15. The molecule has 1 aliphatic rings. The second kappa shape index (κ2) is 5.39. The Morgan fingerprint density at radius 3 is 3.19 bits per heavy atom. The molecule has 1 unspecified atom stereocenters. The highest BCUT2D eigenvalue weighted by Crippen LogP contribution is 2.13. The van der Waals surface area contributed by atoms with E-state index in [1.807, 2.05) is 30.3 Å². The first kappa shape index (κ1) is 11.5. The number of hydrogen-bond acceptors (Lipinski definition) is 4. The molecule has 16 heavy (non-hydrogen) atoms. The molecule has 2 rings (SSSR count). The van der Waals surface area contributed by atoms with Crippen molar-refractivity contribution in [2.45, 2.75) is 31.7 Å². The van der Waals surface area contributed by atoms with Crippen LogP contribution < -0.4 is 5.32 Å². The Balaban J connectivity index is 1.89. The van der Waals surface area contributed by atoms with Crippen molar-refractivity contribution >= 4 is 0 Å². The molecule has 0 saturated carbocycles. The molecule has 1 aromatic rings. The highest BCUT2D eigenvalue weighted by atomic mass is 16.3. The second-order valence-electron chi connectivity index (χ2n) is 4.39. The topological polar surface area (TPSA) is 48.4 Å². The van der Waals surface area contributed by atoms with E-state index < -0.39 is 6.23 Å². The lowest BCUT2D eigenvalue weighted by molar-refractivity contribution is -0.00830. The molecular formula is C12H19N3O. The van der Waals surface area contributed by atoms with Gasteiger partial charge in [-0.3, -0.25) is 9.88 Å². The number of aromatic nitrogens is 1. The lowest BCUT2D eigenvalue weighted by Crippen LogP contribution is -2.45. The minimum Gasteiger partial charge on any atom is -0.377 e. The summed E-state index contributed by atoms with van der Waals surface area (Å²) < 4.78 is 0. The van der Waals surface area contributed by atoms with Gasteiger partial charge in [-0.2, -0.15) is 0 Å². The zero-order chi connectivity index (χ0) is 11.4. The van der Waals surface area contributed by atoms with Crippen molar-refractivity contribution in [3.05, 3.63) is 30.1 Å². The first-order valence-electron chi connectivity index (χ1n) is 5.78. The molecule has 4 nitrogen and oxygen atoms in total. The van der Waals surface area contributed by atoms with Crippen LogP contribution in [0.4, 0.5) is 0 Å². The Morgan fingerprint density at radius 1 is 1.69 bits per heavy atom. The SMILES string of the molecule is CN(Cc1cccnc1)[C@H](O)C1CCCN1. The van der Waals surface area contributed by atoms with Crippen molar-refractivity contribution in [2.24, 2.45) is 0 Å². The summed E-state index contributed by atoms with van der Waals surface area (Å²) in [6.07, 6.45) is 5.40. The summed E-state index contributed by atoms with van der Waals surface area (Å²) in [5.74, 6) is 0. The maximum absolute atomic E-state index is 10.1. The zero-order valence-electron chi connectivity index (χ0n) is 9.63. The Bertz CT molecular complexity index is 311. The van der Waals surface area contributed by atoms with Gasteiger partial charge in [0.05, 0.1) is 0 Å². The third-order valence-electron chi connectivity index (χ3n) is 3.06. The number of pyridine rings is 1. The number of nitrogens with one attached hydrogen (secondary N) is 1. The van der Waals surface area contributed by atoms with Crippen LogP contribution in [-0.4, -0.2) is 40.9 Å². The molecule has 4 heteroatoms. The molecule has 2 atom stereocenters. The number of rotatable bonds is 4. The predicted octanol–water partition coefficient (Wildman–Crippen LogP) is 0.584. The van der Waals surface area contributed by atoms with Crippen molar-refractivity contribution in [2.75, 3.05) is 13.6 Å². The Kier molecular flexibility index (Phi) is 3.88. The van der Waals surface area contributed by atoms with Crippen LogP contribution >= 0.6 is 0 Å². The third-order valence-corrected chi connectivity index (χ3v) is 3.06. The predicted molar refractivity (Wildman–Crippen MR) is 62.7 cm³/mol. The number of nitrogens with zero attached hydrogens (tertiary/aromatic N) is 2. The van der Waals surface area contributed by atoms with Crippen molar-refractivity contribution < 1.29 is 5.11 Å². The summed E-state index contributed by atoms with van der Waals surface area (Å²) in [6.45, 7) is 1.75. The lowest BCUT2D eigenvalue weighted by atomic mass is 10.2. The van der Waals surface area contributed by atoms with Gasteiger partial charge in [-0.25, -0.2) is 0 Å². The van der Waals surface area contributed by atoms with E-state index in [2.05, 4.69) is 10.3 Å². The van der Waals surface area contributed by atoms with Gasteiger partial charge >= 0.3 is 0 Å². The highest BCUT2D eigenvalue weighted by Gasteiger charge is 2.25. The van der Waals surface area contributed by atoms with E-state index in [9.17, 15) is 5.11 Å². The number of hydrogen-bond donors (Lipinski definition) is 2. The molecule has 0 aromatic carbocycles. The van der Waals surface area contributed by atoms with Crippen LogP contribution in [0.25, 0.3) is 0 Å². The maximum atomic E-state index is 10.1. The smallest absolute Gasteiger partial charge is 0.122 e. The standard InChI is InChI=1S/C12H19N3O/c1-15(9-10-4-2-6-13-8-10)12(16)11-5-3-7-14-11/h2,4,6,8,11-12,14,16H,3,5,7,9H2,1H3/t11?,12-/m1/s1. The number of likely N-dealkylation sites (N-methyl/N-ethyl adjacent to an activating group) is 1. The van der Waals surface area contributed by atoms with E-state index in [-0.39, 0.29) is 6.04 Å². The zero-order valence-corrected chi connectivity index (χ0v) is 9.63. The normalized spacial score (nSPS) is 22.6. The van der Waals surface area contributed by atoms with Gasteiger partial charge in [-0.05, 0) is 38.1 Å². The molecule has 1 fully saturated rings. The van der Waals surface area contributed by atoms with Crippen molar-refractivity contribution in [1.29, 1.82) is 0 Å². The molecule has 1 saturated heterocycles. The largest absolute Gasteiger partial charge is 0.377 e. The van der Waals surface area contributed by atoms with Gasteiger partial charge in [0.25, 0.3) is 0 Å². The monoisotopic (exact) mass is 221 g/mol.